The monoisotopic (exact) mass is 271 g/mol. The molecule has 1 aliphatic heterocycles. The largest absolute Gasteiger partial charge is 0.417 e. The van der Waals surface area contributed by atoms with E-state index >= 15 is 0 Å². The number of carbonyl (C=O) groups excluding carboxylic acids is 3. The highest BCUT2D eigenvalue weighted by Gasteiger charge is 2.33. The SMILES string of the molecule is C/C=C/C(=O)OC1=CC(=O)N(Cc2ccccc2)C1=O. The number of amides is 2. The maximum atomic E-state index is 12.0. The third-order valence-electron chi connectivity index (χ3n) is 2.67. The lowest BCUT2D eigenvalue weighted by molar-refractivity contribution is -0.144. The molecular formula is C15H13NO4. The van der Waals surface area contributed by atoms with Crippen molar-refractivity contribution in [2.24, 2.45) is 0 Å². The molecule has 0 radical (unpaired) electrons. The van der Waals surface area contributed by atoms with E-state index in [4.69, 9.17) is 4.74 Å². The van der Waals surface area contributed by atoms with Crippen LogP contribution in [0.3, 0.4) is 0 Å². The topological polar surface area (TPSA) is 63.7 Å². The Morgan fingerprint density at radius 2 is 1.95 bits per heavy atom. The predicted octanol–water partition coefficient (Wildman–Crippen LogP) is 1.56. The standard InChI is InChI=1S/C15H13NO4/c1-2-6-14(18)20-12-9-13(17)16(15(12)19)10-11-7-4-3-5-8-11/h2-9H,10H2,1H3/b6-2+. The van der Waals surface area contributed by atoms with Crippen LogP contribution in [0.4, 0.5) is 0 Å². The van der Waals surface area contributed by atoms with Crippen LogP contribution in [0.15, 0.2) is 54.3 Å². The second-order valence-electron chi connectivity index (χ2n) is 4.14. The Morgan fingerprint density at radius 1 is 1.25 bits per heavy atom. The van der Waals surface area contributed by atoms with Crippen LogP contribution in [0.5, 0.6) is 0 Å². The molecule has 0 aromatic heterocycles. The predicted molar refractivity (Wildman–Crippen MR) is 71.0 cm³/mol. The van der Waals surface area contributed by atoms with Crippen molar-refractivity contribution in [2.75, 3.05) is 0 Å². The average molecular weight is 271 g/mol. The van der Waals surface area contributed by atoms with Crippen LogP contribution in [0.1, 0.15) is 12.5 Å². The van der Waals surface area contributed by atoms with Gasteiger partial charge in [0.2, 0.25) is 5.76 Å². The lowest BCUT2D eigenvalue weighted by Gasteiger charge is -2.14. The zero-order valence-electron chi connectivity index (χ0n) is 10.9. The van der Waals surface area contributed by atoms with Gasteiger partial charge in [0.05, 0.1) is 12.6 Å². The molecule has 0 aliphatic carbocycles. The van der Waals surface area contributed by atoms with Crippen LogP contribution in [-0.2, 0) is 25.7 Å². The van der Waals surface area contributed by atoms with Gasteiger partial charge in [-0.05, 0) is 12.5 Å². The first-order chi connectivity index (χ1) is 9.61. The number of benzene rings is 1. The summed E-state index contributed by atoms with van der Waals surface area (Å²) >= 11 is 0. The van der Waals surface area contributed by atoms with Gasteiger partial charge in [0.25, 0.3) is 11.8 Å². The fraction of sp³-hybridized carbons (Fsp3) is 0.133. The summed E-state index contributed by atoms with van der Waals surface area (Å²) in [5.74, 6) is -2.01. The first kappa shape index (κ1) is 13.7. The average Bonchev–Trinajstić information content (AvgIpc) is 2.68. The Bertz CT molecular complexity index is 602. The van der Waals surface area contributed by atoms with Gasteiger partial charge in [-0.2, -0.15) is 0 Å². The van der Waals surface area contributed by atoms with Gasteiger partial charge in [-0.25, -0.2) is 4.79 Å². The van der Waals surface area contributed by atoms with Crippen molar-refractivity contribution in [3.8, 4) is 0 Å². The molecule has 1 aromatic rings. The van der Waals surface area contributed by atoms with Crippen LogP contribution in [0, 0.1) is 0 Å². The lowest BCUT2D eigenvalue weighted by Crippen LogP contribution is -2.31. The molecule has 0 atom stereocenters. The van der Waals surface area contributed by atoms with Gasteiger partial charge in [0.15, 0.2) is 0 Å². The summed E-state index contributed by atoms with van der Waals surface area (Å²) in [6.45, 7) is 1.80. The smallest absolute Gasteiger partial charge is 0.336 e. The molecule has 2 rings (SSSR count). The van der Waals surface area contributed by atoms with Crippen molar-refractivity contribution in [2.45, 2.75) is 13.5 Å². The van der Waals surface area contributed by atoms with Gasteiger partial charge in [-0.1, -0.05) is 36.4 Å². The zero-order valence-corrected chi connectivity index (χ0v) is 10.9. The number of allylic oxidation sites excluding steroid dienone is 1. The molecule has 1 aliphatic rings. The molecule has 0 N–H and O–H groups in total. The van der Waals surface area contributed by atoms with E-state index in [1.807, 2.05) is 30.3 Å². The number of ether oxygens (including phenoxy) is 1. The van der Waals surface area contributed by atoms with Gasteiger partial charge in [-0.3, -0.25) is 14.5 Å². The number of hydrogen-bond donors (Lipinski definition) is 0. The van der Waals surface area contributed by atoms with Crippen molar-refractivity contribution >= 4 is 17.8 Å². The molecule has 0 fully saturated rings. The molecule has 0 unspecified atom stereocenters. The molecule has 1 heterocycles. The highest BCUT2D eigenvalue weighted by atomic mass is 16.5. The Morgan fingerprint density at radius 3 is 2.60 bits per heavy atom. The summed E-state index contributed by atoms with van der Waals surface area (Å²) in [6.07, 6.45) is 3.71. The van der Waals surface area contributed by atoms with Crippen molar-refractivity contribution < 1.29 is 19.1 Å². The van der Waals surface area contributed by atoms with E-state index < -0.39 is 17.8 Å². The second kappa shape index (κ2) is 5.97. The summed E-state index contributed by atoms with van der Waals surface area (Å²) in [6, 6.07) is 9.11. The molecule has 5 nitrogen and oxygen atoms in total. The maximum Gasteiger partial charge on any atom is 0.336 e. The highest BCUT2D eigenvalue weighted by molar-refractivity contribution is 6.16. The van der Waals surface area contributed by atoms with Crippen LogP contribution in [0.25, 0.3) is 0 Å². The molecule has 0 saturated heterocycles. The zero-order chi connectivity index (χ0) is 14.5. The Kier molecular flexibility index (Phi) is 4.10. The van der Waals surface area contributed by atoms with E-state index in [0.29, 0.717) is 0 Å². The fourth-order valence-corrected chi connectivity index (χ4v) is 1.75. The van der Waals surface area contributed by atoms with E-state index in [2.05, 4.69) is 0 Å². The molecule has 2 amide bonds. The van der Waals surface area contributed by atoms with Crippen LogP contribution in [0.2, 0.25) is 0 Å². The molecule has 20 heavy (non-hydrogen) atoms. The third-order valence-corrected chi connectivity index (χ3v) is 2.67. The Hall–Kier alpha value is -2.69. The molecule has 5 heteroatoms. The number of imide groups is 1. The fourth-order valence-electron chi connectivity index (χ4n) is 1.75. The first-order valence-electron chi connectivity index (χ1n) is 6.08. The molecular weight excluding hydrogens is 258 g/mol. The van der Waals surface area contributed by atoms with Gasteiger partial charge in [-0.15, -0.1) is 0 Å². The van der Waals surface area contributed by atoms with E-state index in [-0.39, 0.29) is 12.3 Å². The van der Waals surface area contributed by atoms with Crippen molar-refractivity contribution in [1.29, 1.82) is 0 Å². The summed E-state index contributed by atoms with van der Waals surface area (Å²) in [5, 5.41) is 0. The number of hydrogen-bond acceptors (Lipinski definition) is 4. The van der Waals surface area contributed by atoms with E-state index in [1.54, 1.807) is 6.92 Å². The number of nitrogens with zero attached hydrogens (tertiary/aromatic N) is 1. The van der Waals surface area contributed by atoms with Gasteiger partial charge in [0, 0.05) is 6.08 Å². The first-order valence-corrected chi connectivity index (χ1v) is 6.08. The van der Waals surface area contributed by atoms with Crippen molar-refractivity contribution in [3.63, 3.8) is 0 Å². The van der Waals surface area contributed by atoms with Crippen LogP contribution >= 0.6 is 0 Å². The quantitative estimate of drug-likeness (QED) is 0.473. The molecule has 102 valence electrons. The summed E-state index contributed by atoms with van der Waals surface area (Å²) in [7, 11) is 0. The minimum Gasteiger partial charge on any atom is -0.417 e. The van der Waals surface area contributed by atoms with E-state index in [1.165, 1.54) is 12.2 Å². The third kappa shape index (κ3) is 3.00. The molecule has 0 bridgehead atoms. The summed E-state index contributed by atoms with van der Waals surface area (Å²) in [5.41, 5.74) is 0.823. The number of carbonyl (C=O) groups is 3. The lowest BCUT2D eigenvalue weighted by atomic mass is 10.2. The maximum absolute atomic E-state index is 12.0. The van der Waals surface area contributed by atoms with Crippen molar-refractivity contribution in [1.82, 2.24) is 4.90 Å². The summed E-state index contributed by atoms with van der Waals surface area (Å²) in [4.78, 5) is 36.1. The Balaban J connectivity index is 2.07. The van der Waals surface area contributed by atoms with E-state index in [9.17, 15) is 14.4 Å². The van der Waals surface area contributed by atoms with Gasteiger partial charge < -0.3 is 4.74 Å². The molecule has 0 spiro atoms. The van der Waals surface area contributed by atoms with Gasteiger partial charge in [0.1, 0.15) is 0 Å². The molecule has 0 saturated carbocycles. The van der Waals surface area contributed by atoms with Crippen LogP contribution in [-0.4, -0.2) is 22.7 Å². The number of esters is 1. The normalized spacial score (nSPS) is 14.8. The highest BCUT2D eigenvalue weighted by Crippen LogP contribution is 2.17. The van der Waals surface area contributed by atoms with E-state index in [0.717, 1.165) is 16.5 Å². The number of rotatable bonds is 4. The summed E-state index contributed by atoms with van der Waals surface area (Å²) < 4.78 is 4.83. The minimum absolute atomic E-state index is 0.152. The van der Waals surface area contributed by atoms with Gasteiger partial charge >= 0.3 is 5.97 Å². The second-order valence-corrected chi connectivity index (χ2v) is 4.14. The van der Waals surface area contributed by atoms with Crippen LogP contribution < -0.4 is 0 Å². The molecule has 1 aromatic carbocycles. The van der Waals surface area contributed by atoms with Crippen molar-refractivity contribution in [3.05, 3.63) is 59.9 Å². The Labute approximate surface area is 116 Å². The minimum atomic E-state index is -0.679.